The largest absolute Gasteiger partial charge is 0.331 e. The van der Waals surface area contributed by atoms with E-state index in [0.29, 0.717) is 12.1 Å². The molecule has 1 fully saturated rings. The molecule has 2 aromatic rings. The van der Waals surface area contributed by atoms with Crippen LogP contribution >= 0.6 is 0 Å². The zero-order valence-electron chi connectivity index (χ0n) is 14.3. The Morgan fingerprint density at radius 2 is 1.77 bits per heavy atom. The summed E-state index contributed by atoms with van der Waals surface area (Å²) in [6, 6.07) is 16.1. The molecule has 134 valence electrons. The predicted molar refractivity (Wildman–Crippen MR) is 99.8 cm³/mol. The number of nitrogens with one attached hydrogen (secondary N) is 1. The lowest BCUT2D eigenvalue weighted by Crippen LogP contribution is -2.32. The minimum absolute atomic E-state index is 0.0739. The third-order valence-electron chi connectivity index (χ3n) is 4.22. The second kappa shape index (κ2) is 7.73. The Balaban J connectivity index is 1.77. The fourth-order valence-electron chi connectivity index (χ4n) is 2.70. The first kappa shape index (κ1) is 18.2. The summed E-state index contributed by atoms with van der Waals surface area (Å²) in [6.07, 6.45) is 7.08. The monoisotopic (exact) mass is 368 g/mol. The van der Waals surface area contributed by atoms with Gasteiger partial charge < -0.3 is 4.90 Å². The first-order valence-electron chi connectivity index (χ1n) is 8.39. The molecule has 0 heterocycles. The van der Waals surface area contributed by atoms with Crippen molar-refractivity contribution < 1.29 is 13.2 Å². The first-order valence-corrected chi connectivity index (χ1v) is 9.87. The molecule has 0 spiro atoms. The van der Waals surface area contributed by atoms with Gasteiger partial charge in [-0.25, -0.2) is 8.42 Å². The van der Waals surface area contributed by atoms with Crippen molar-refractivity contribution in [1.29, 1.82) is 0 Å². The molecule has 1 N–H and O–H groups in total. The third kappa shape index (κ3) is 4.31. The Bertz CT molecular complexity index is 912. The Hall–Kier alpha value is -2.62. The number of sulfonamides is 1. The van der Waals surface area contributed by atoms with Crippen molar-refractivity contribution in [2.45, 2.75) is 30.3 Å². The Kier molecular flexibility index (Phi) is 5.40. The van der Waals surface area contributed by atoms with Gasteiger partial charge in [0.1, 0.15) is 0 Å². The average molecular weight is 368 g/mol. The van der Waals surface area contributed by atoms with Gasteiger partial charge in [-0.2, -0.15) is 4.72 Å². The summed E-state index contributed by atoms with van der Waals surface area (Å²) in [7, 11) is -3.66. The van der Waals surface area contributed by atoms with Gasteiger partial charge in [-0.05, 0) is 42.7 Å². The molecule has 0 bridgehead atoms. The molecule has 5 nitrogen and oxygen atoms in total. The highest BCUT2D eigenvalue weighted by Gasteiger charge is 2.33. The summed E-state index contributed by atoms with van der Waals surface area (Å²) in [6.45, 7) is 0.476. The lowest BCUT2D eigenvalue weighted by molar-refractivity contribution is 0.0730. The maximum atomic E-state index is 12.9. The molecule has 0 aliphatic heterocycles. The number of carbonyl (C=O) groups is 1. The van der Waals surface area contributed by atoms with Crippen molar-refractivity contribution >= 4 is 15.9 Å². The number of hydrogen-bond donors (Lipinski definition) is 1. The molecular weight excluding hydrogens is 348 g/mol. The molecule has 6 heteroatoms. The smallest absolute Gasteiger partial charge is 0.254 e. The fourth-order valence-corrected chi connectivity index (χ4v) is 3.63. The summed E-state index contributed by atoms with van der Waals surface area (Å²) >= 11 is 0. The van der Waals surface area contributed by atoms with Crippen LogP contribution in [0.25, 0.3) is 0 Å². The fraction of sp³-hybridized carbons (Fsp3) is 0.250. The molecule has 0 aromatic heterocycles. The number of amides is 1. The molecule has 0 atom stereocenters. The van der Waals surface area contributed by atoms with E-state index in [2.05, 4.69) is 10.6 Å². The number of hydrogen-bond acceptors (Lipinski definition) is 3. The topological polar surface area (TPSA) is 66.5 Å². The Morgan fingerprint density at radius 3 is 2.35 bits per heavy atom. The molecule has 2 aromatic carbocycles. The maximum Gasteiger partial charge on any atom is 0.254 e. The number of benzene rings is 2. The lowest BCUT2D eigenvalue weighted by Gasteiger charge is -2.23. The molecule has 1 aliphatic rings. The van der Waals surface area contributed by atoms with Crippen LogP contribution in [0.1, 0.15) is 28.8 Å². The SMILES string of the molecule is C#CCNS(=O)(=O)c1ccc(C(=O)N(Cc2ccccc2)C2CC2)cc1. The van der Waals surface area contributed by atoms with Crippen molar-refractivity contribution in [2.24, 2.45) is 0 Å². The number of nitrogens with zero attached hydrogens (tertiary/aromatic N) is 1. The summed E-state index contributed by atoms with van der Waals surface area (Å²) in [5.41, 5.74) is 1.55. The van der Waals surface area contributed by atoms with E-state index in [9.17, 15) is 13.2 Å². The summed E-state index contributed by atoms with van der Waals surface area (Å²) < 4.78 is 26.4. The van der Waals surface area contributed by atoms with Crippen LogP contribution in [0, 0.1) is 12.3 Å². The van der Waals surface area contributed by atoms with Crippen LogP contribution in [-0.4, -0.2) is 31.8 Å². The van der Waals surface area contributed by atoms with Gasteiger partial charge in [0.2, 0.25) is 10.0 Å². The van der Waals surface area contributed by atoms with Gasteiger partial charge in [-0.3, -0.25) is 4.79 Å². The van der Waals surface area contributed by atoms with Crippen molar-refractivity contribution in [3.8, 4) is 12.3 Å². The highest BCUT2D eigenvalue weighted by atomic mass is 32.2. The Labute approximate surface area is 154 Å². The van der Waals surface area contributed by atoms with Gasteiger partial charge in [-0.15, -0.1) is 6.42 Å². The average Bonchev–Trinajstić information content (AvgIpc) is 3.50. The third-order valence-corrected chi connectivity index (χ3v) is 5.64. The van der Waals surface area contributed by atoms with Gasteiger partial charge >= 0.3 is 0 Å². The molecule has 0 unspecified atom stereocenters. The summed E-state index contributed by atoms with van der Waals surface area (Å²) in [4.78, 5) is 14.8. The van der Waals surface area contributed by atoms with Crippen molar-refractivity contribution in [3.05, 3.63) is 65.7 Å². The van der Waals surface area contributed by atoms with E-state index >= 15 is 0 Å². The Morgan fingerprint density at radius 1 is 1.12 bits per heavy atom. The molecule has 1 saturated carbocycles. The quantitative estimate of drug-likeness (QED) is 0.763. The molecule has 0 saturated heterocycles. The number of rotatable bonds is 7. The van der Waals surface area contributed by atoms with Gasteiger partial charge in [0.25, 0.3) is 5.91 Å². The van der Waals surface area contributed by atoms with Gasteiger partial charge in [-0.1, -0.05) is 36.3 Å². The van der Waals surface area contributed by atoms with Crippen LogP contribution in [0.3, 0.4) is 0 Å². The van der Waals surface area contributed by atoms with Crippen LogP contribution in [0.15, 0.2) is 59.5 Å². The van der Waals surface area contributed by atoms with Gasteiger partial charge in [0.15, 0.2) is 0 Å². The second-order valence-electron chi connectivity index (χ2n) is 6.20. The van der Waals surface area contributed by atoms with Gasteiger partial charge in [0, 0.05) is 18.2 Å². The summed E-state index contributed by atoms with van der Waals surface area (Å²) in [5.74, 6) is 2.14. The molecule has 3 rings (SSSR count). The standard InChI is InChI=1S/C20H20N2O3S/c1-2-14-21-26(24,25)19-12-8-17(9-13-19)20(23)22(18-10-11-18)15-16-6-4-3-5-7-16/h1,3-9,12-13,18,21H,10-11,14-15H2. The first-order chi connectivity index (χ1) is 12.5. The molecule has 26 heavy (non-hydrogen) atoms. The molecule has 1 amide bonds. The van der Waals surface area contributed by atoms with E-state index in [-0.39, 0.29) is 23.4 Å². The van der Waals surface area contributed by atoms with E-state index in [1.807, 2.05) is 35.2 Å². The minimum atomic E-state index is -3.66. The van der Waals surface area contributed by atoms with Crippen molar-refractivity contribution in [3.63, 3.8) is 0 Å². The van der Waals surface area contributed by atoms with Crippen LogP contribution in [0.4, 0.5) is 0 Å². The van der Waals surface area contributed by atoms with Crippen LogP contribution in [0.2, 0.25) is 0 Å². The van der Waals surface area contributed by atoms with Crippen LogP contribution in [-0.2, 0) is 16.6 Å². The van der Waals surface area contributed by atoms with E-state index in [4.69, 9.17) is 6.42 Å². The minimum Gasteiger partial charge on any atom is -0.331 e. The highest BCUT2D eigenvalue weighted by molar-refractivity contribution is 7.89. The lowest BCUT2D eigenvalue weighted by atomic mass is 10.1. The molecule has 1 aliphatic carbocycles. The number of carbonyl (C=O) groups excluding carboxylic acids is 1. The van der Waals surface area contributed by atoms with Crippen molar-refractivity contribution in [2.75, 3.05) is 6.54 Å². The molecule has 0 radical (unpaired) electrons. The second-order valence-corrected chi connectivity index (χ2v) is 7.97. The normalized spacial score (nSPS) is 13.8. The molecular formula is C20H20N2O3S. The van der Waals surface area contributed by atoms with Crippen LogP contribution < -0.4 is 4.72 Å². The highest BCUT2D eigenvalue weighted by Crippen LogP contribution is 2.30. The predicted octanol–water partition coefficient (Wildman–Crippen LogP) is 2.40. The van der Waals surface area contributed by atoms with E-state index in [1.54, 1.807) is 12.1 Å². The van der Waals surface area contributed by atoms with Crippen LogP contribution in [0.5, 0.6) is 0 Å². The van der Waals surface area contributed by atoms with E-state index in [1.165, 1.54) is 12.1 Å². The summed E-state index contributed by atoms with van der Waals surface area (Å²) in [5, 5.41) is 0. The zero-order valence-corrected chi connectivity index (χ0v) is 15.1. The van der Waals surface area contributed by atoms with Crippen molar-refractivity contribution in [1.82, 2.24) is 9.62 Å². The zero-order chi connectivity index (χ0) is 18.6. The van der Waals surface area contributed by atoms with Gasteiger partial charge in [0.05, 0.1) is 11.4 Å². The van der Waals surface area contributed by atoms with E-state index in [0.717, 1.165) is 18.4 Å². The number of terminal acetylenes is 1. The van der Waals surface area contributed by atoms with E-state index < -0.39 is 10.0 Å². The maximum absolute atomic E-state index is 12.9.